The van der Waals surface area contributed by atoms with Gasteiger partial charge in [0.25, 0.3) is 5.91 Å². The minimum Gasteiger partial charge on any atom is -0.444 e. The van der Waals surface area contributed by atoms with Crippen LogP contribution in [0.3, 0.4) is 0 Å². The Hall–Kier alpha value is -3.95. The number of carbonyl (C=O) groups is 2. The molecule has 1 aliphatic carbocycles. The van der Waals surface area contributed by atoms with Crippen LogP contribution in [0.2, 0.25) is 0 Å². The monoisotopic (exact) mass is 546 g/mol. The van der Waals surface area contributed by atoms with E-state index in [0.29, 0.717) is 11.5 Å². The average molecular weight is 547 g/mol. The maximum absolute atomic E-state index is 14.8. The molecule has 2 amide bonds. The quantitative estimate of drug-likeness (QED) is 0.373. The summed E-state index contributed by atoms with van der Waals surface area (Å²) in [6.45, 7) is 8.66. The highest BCUT2D eigenvalue weighted by Crippen LogP contribution is 2.38. The van der Waals surface area contributed by atoms with Crippen molar-refractivity contribution in [2.45, 2.75) is 71.8 Å². The van der Waals surface area contributed by atoms with Gasteiger partial charge in [0.05, 0.1) is 29.4 Å². The van der Waals surface area contributed by atoms with Crippen molar-refractivity contribution >= 4 is 28.6 Å². The lowest BCUT2D eigenvalue weighted by Crippen LogP contribution is -2.61. The molecule has 210 valence electrons. The molecule has 2 N–H and O–H groups in total. The van der Waals surface area contributed by atoms with Crippen LogP contribution in [0.15, 0.2) is 42.7 Å². The zero-order valence-electron chi connectivity index (χ0n) is 23.3. The third-order valence-corrected chi connectivity index (χ3v) is 8.15. The molecular weight excluding hydrogens is 511 g/mol. The van der Waals surface area contributed by atoms with Crippen molar-refractivity contribution in [2.75, 3.05) is 6.54 Å². The number of aryl methyl sites for hydroxylation is 1. The second-order valence-corrected chi connectivity index (χ2v) is 12.3. The fourth-order valence-corrected chi connectivity index (χ4v) is 6.21. The number of likely N-dealkylation sites (tertiary alicyclic amines) is 1. The van der Waals surface area contributed by atoms with Crippen molar-refractivity contribution in [1.29, 1.82) is 0 Å². The SMILES string of the molecule is Cc1c(-c2cc3cccnc3n2CC2CC2)nn2cc(C(=O)N3C[C@H](F)C[C@@H](OC(N)=O)C3C(C)(C)C)ccc12. The first-order valence-electron chi connectivity index (χ1n) is 13.9. The first-order valence-corrected chi connectivity index (χ1v) is 13.9. The number of nitrogens with two attached hydrogens (primary N) is 1. The van der Waals surface area contributed by atoms with Crippen molar-refractivity contribution in [3.05, 3.63) is 53.9 Å². The molecule has 4 aromatic heterocycles. The molecule has 0 spiro atoms. The molecule has 1 unspecified atom stereocenters. The first kappa shape index (κ1) is 26.3. The molecule has 40 heavy (non-hydrogen) atoms. The van der Waals surface area contributed by atoms with E-state index in [1.807, 2.05) is 46.0 Å². The number of primary amides is 1. The molecule has 0 radical (unpaired) electrons. The number of rotatable bonds is 5. The van der Waals surface area contributed by atoms with Crippen LogP contribution in [-0.2, 0) is 11.3 Å². The van der Waals surface area contributed by atoms with E-state index >= 15 is 0 Å². The first-order chi connectivity index (χ1) is 19.0. The van der Waals surface area contributed by atoms with Gasteiger partial charge in [-0.1, -0.05) is 20.8 Å². The van der Waals surface area contributed by atoms with Crippen LogP contribution < -0.4 is 5.73 Å². The van der Waals surface area contributed by atoms with E-state index in [1.165, 1.54) is 17.7 Å². The average Bonchev–Trinajstić information content (AvgIpc) is 3.56. The van der Waals surface area contributed by atoms with Crippen molar-refractivity contribution in [3.8, 4) is 11.4 Å². The number of carbonyl (C=O) groups excluding carboxylic acids is 2. The summed E-state index contributed by atoms with van der Waals surface area (Å²) < 4.78 is 24.1. The molecule has 6 rings (SSSR count). The van der Waals surface area contributed by atoms with Crippen molar-refractivity contribution in [3.63, 3.8) is 0 Å². The maximum Gasteiger partial charge on any atom is 0.404 e. The van der Waals surface area contributed by atoms with Crippen molar-refractivity contribution in [1.82, 2.24) is 24.1 Å². The van der Waals surface area contributed by atoms with E-state index in [9.17, 15) is 14.0 Å². The largest absolute Gasteiger partial charge is 0.444 e. The van der Waals surface area contributed by atoms with E-state index < -0.39 is 29.8 Å². The minimum absolute atomic E-state index is 0.000876. The van der Waals surface area contributed by atoms with Crippen LogP contribution in [0.4, 0.5) is 9.18 Å². The lowest BCUT2D eigenvalue weighted by atomic mass is 9.78. The molecule has 5 heterocycles. The Morgan fingerprint density at radius 2 is 1.98 bits per heavy atom. The van der Waals surface area contributed by atoms with Crippen LogP contribution in [-0.4, -0.2) is 60.9 Å². The molecule has 9 nitrogen and oxygen atoms in total. The predicted octanol–water partition coefficient (Wildman–Crippen LogP) is 5.13. The predicted molar refractivity (Wildman–Crippen MR) is 150 cm³/mol. The van der Waals surface area contributed by atoms with E-state index in [1.54, 1.807) is 16.8 Å². The standard InChI is InChI=1S/C30H35FN6O3/c1-17-22-10-9-20(28(38)36-16-21(31)13-24(40-29(32)39)26(36)30(2,3)4)15-37(22)34-25(17)23-12-19-6-5-11-33-27(19)35(23)14-18-7-8-18/h5-6,9-12,15,18,21,24,26H,7-8,13-14,16H2,1-4H3,(H2,32,39)/t21-,24-,26?/m1/s1. The van der Waals surface area contributed by atoms with Crippen LogP contribution in [0, 0.1) is 18.3 Å². The molecule has 10 heteroatoms. The zero-order valence-corrected chi connectivity index (χ0v) is 23.3. The number of aromatic nitrogens is 4. The summed E-state index contributed by atoms with van der Waals surface area (Å²) in [5.41, 5.74) is 9.86. The maximum atomic E-state index is 14.8. The molecule has 0 aromatic carbocycles. The van der Waals surface area contributed by atoms with Gasteiger partial charge in [-0.25, -0.2) is 18.7 Å². The fraction of sp³-hybridized carbons (Fsp3) is 0.467. The molecule has 2 aliphatic rings. The molecule has 1 saturated carbocycles. The summed E-state index contributed by atoms with van der Waals surface area (Å²) in [6, 6.07) is 9.22. The molecule has 2 fully saturated rings. The van der Waals surface area contributed by atoms with Gasteiger partial charge >= 0.3 is 6.09 Å². The van der Waals surface area contributed by atoms with Gasteiger partial charge in [-0.05, 0) is 61.4 Å². The van der Waals surface area contributed by atoms with Gasteiger partial charge in [-0.15, -0.1) is 0 Å². The van der Waals surface area contributed by atoms with Gasteiger partial charge in [0.15, 0.2) is 0 Å². The number of hydrogen-bond donors (Lipinski definition) is 1. The molecule has 1 aliphatic heterocycles. The Morgan fingerprint density at radius 3 is 2.67 bits per heavy atom. The highest BCUT2D eigenvalue weighted by atomic mass is 19.1. The topological polar surface area (TPSA) is 108 Å². The lowest BCUT2D eigenvalue weighted by Gasteiger charge is -2.47. The number of pyridine rings is 2. The lowest BCUT2D eigenvalue weighted by molar-refractivity contribution is -0.0571. The second-order valence-electron chi connectivity index (χ2n) is 12.3. The molecule has 1 saturated heterocycles. The fourth-order valence-electron chi connectivity index (χ4n) is 6.21. The Morgan fingerprint density at radius 1 is 1.20 bits per heavy atom. The number of piperidine rings is 1. The number of amides is 2. The van der Waals surface area contributed by atoms with Gasteiger partial charge in [-0.2, -0.15) is 5.10 Å². The number of alkyl halides is 1. The zero-order chi connectivity index (χ0) is 28.3. The highest BCUT2D eigenvalue weighted by Gasteiger charge is 2.46. The summed E-state index contributed by atoms with van der Waals surface area (Å²) in [7, 11) is 0. The van der Waals surface area contributed by atoms with E-state index in [4.69, 9.17) is 15.6 Å². The van der Waals surface area contributed by atoms with Crippen molar-refractivity contribution < 1.29 is 18.7 Å². The van der Waals surface area contributed by atoms with E-state index in [-0.39, 0.29) is 18.9 Å². The Bertz CT molecular complexity index is 1610. The summed E-state index contributed by atoms with van der Waals surface area (Å²) in [6.07, 6.45) is 2.81. The number of hydrogen-bond acceptors (Lipinski definition) is 5. The summed E-state index contributed by atoms with van der Waals surface area (Å²) >= 11 is 0. The van der Waals surface area contributed by atoms with Crippen LogP contribution >= 0.6 is 0 Å². The third-order valence-electron chi connectivity index (χ3n) is 8.15. The highest BCUT2D eigenvalue weighted by molar-refractivity contribution is 5.95. The number of fused-ring (bicyclic) bond motifs is 2. The summed E-state index contributed by atoms with van der Waals surface area (Å²) in [5, 5.41) is 6.00. The van der Waals surface area contributed by atoms with Gasteiger partial charge in [0, 0.05) is 36.3 Å². The normalized spacial score (nSPS) is 21.7. The van der Waals surface area contributed by atoms with E-state index in [2.05, 4.69) is 21.7 Å². The molecule has 3 atom stereocenters. The Labute approximate surface area is 232 Å². The third kappa shape index (κ3) is 4.69. The summed E-state index contributed by atoms with van der Waals surface area (Å²) in [5.74, 6) is 0.309. The van der Waals surface area contributed by atoms with Gasteiger partial charge in [0.2, 0.25) is 0 Å². The molecular formula is C30H35FN6O3. The van der Waals surface area contributed by atoms with Gasteiger partial charge < -0.3 is 19.9 Å². The van der Waals surface area contributed by atoms with Gasteiger partial charge in [0.1, 0.15) is 23.6 Å². The van der Waals surface area contributed by atoms with Gasteiger partial charge in [-0.3, -0.25) is 4.79 Å². The minimum atomic E-state index is -1.34. The number of halogens is 1. The Balaban J connectivity index is 1.39. The van der Waals surface area contributed by atoms with E-state index in [0.717, 1.165) is 40.0 Å². The van der Waals surface area contributed by atoms with Crippen LogP contribution in [0.25, 0.3) is 27.9 Å². The Kier molecular flexibility index (Phi) is 6.31. The molecule has 0 bridgehead atoms. The summed E-state index contributed by atoms with van der Waals surface area (Å²) in [4.78, 5) is 31.6. The molecule has 4 aromatic rings. The van der Waals surface area contributed by atoms with Crippen LogP contribution in [0.1, 0.15) is 56.0 Å². The smallest absolute Gasteiger partial charge is 0.404 e. The van der Waals surface area contributed by atoms with Crippen LogP contribution in [0.5, 0.6) is 0 Å². The number of nitrogens with zero attached hydrogens (tertiary/aromatic N) is 5. The van der Waals surface area contributed by atoms with Crippen molar-refractivity contribution in [2.24, 2.45) is 17.1 Å². The second kappa shape index (κ2) is 9.60. The number of ether oxygens (including phenoxy) is 1.